The van der Waals surface area contributed by atoms with Gasteiger partial charge in [0, 0.05) is 0 Å². The number of anilines is 1. The molecule has 0 saturated carbocycles. The zero-order valence-electron chi connectivity index (χ0n) is 11.7. The Morgan fingerprint density at radius 1 is 1.26 bits per heavy atom. The van der Waals surface area contributed by atoms with Crippen molar-refractivity contribution < 1.29 is 0 Å². The van der Waals surface area contributed by atoms with E-state index in [0.29, 0.717) is 12.6 Å². The van der Waals surface area contributed by atoms with E-state index in [-0.39, 0.29) is 0 Å². The van der Waals surface area contributed by atoms with E-state index in [0.717, 1.165) is 11.3 Å². The molecule has 0 amide bonds. The molecule has 0 aliphatic heterocycles. The molecule has 0 saturated heterocycles. The molecule has 0 N–H and O–H groups in total. The first-order chi connectivity index (χ1) is 9.11. The molecule has 2 rings (SSSR count). The van der Waals surface area contributed by atoms with Gasteiger partial charge in [-0.05, 0) is 0 Å². The number of aromatic nitrogens is 2. The van der Waals surface area contributed by atoms with Crippen LogP contribution in [0.25, 0.3) is 11.1 Å². The van der Waals surface area contributed by atoms with Crippen LogP contribution in [0.4, 0.5) is 5.69 Å². The average Bonchev–Trinajstić information content (AvgIpc) is 2.82. The van der Waals surface area contributed by atoms with E-state index in [1.807, 2.05) is 24.1 Å². The van der Waals surface area contributed by atoms with Crippen LogP contribution < -0.4 is 4.90 Å². The van der Waals surface area contributed by atoms with Crippen molar-refractivity contribution >= 4 is 13.0 Å². The predicted octanol–water partition coefficient (Wildman–Crippen LogP) is 2.43. The number of rotatable bonds is 4. The molecule has 0 spiro atoms. The van der Waals surface area contributed by atoms with Crippen LogP contribution in [-0.4, -0.2) is 29.7 Å². The minimum absolute atomic E-state index is 0.389. The second-order valence-corrected chi connectivity index (χ2v) is 4.88. The molecule has 0 unspecified atom stereocenters. The Bertz CT molecular complexity index is 578. The van der Waals surface area contributed by atoms with E-state index in [1.165, 1.54) is 5.56 Å². The van der Waals surface area contributed by atoms with Gasteiger partial charge in [-0.3, -0.25) is 0 Å². The SMILES string of the molecule is B#CCN(c1ccc(-c2cnn(C)c2)cc1)C(C)C. The molecule has 0 fully saturated rings. The zero-order valence-corrected chi connectivity index (χ0v) is 11.7. The molecule has 0 radical (unpaired) electrons. The molecular weight excluding hydrogens is 233 g/mol. The molecule has 2 aromatic rings. The number of aryl methyl sites for hydroxylation is 1. The van der Waals surface area contributed by atoms with Crippen molar-refractivity contribution in [3.05, 3.63) is 36.7 Å². The van der Waals surface area contributed by atoms with Gasteiger partial charge in [0.05, 0.1) is 0 Å². The maximum absolute atomic E-state index is 5.43. The van der Waals surface area contributed by atoms with E-state index in [4.69, 9.17) is 7.33 Å². The first kappa shape index (κ1) is 13.5. The van der Waals surface area contributed by atoms with Crippen molar-refractivity contribution in [2.45, 2.75) is 19.9 Å². The molecule has 19 heavy (non-hydrogen) atoms. The summed E-state index contributed by atoms with van der Waals surface area (Å²) in [6.07, 6.45) is 3.88. The molecule has 96 valence electrons. The quantitative estimate of drug-likeness (QED) is 0.778. The Balaban J connectivity index is 2.25. The number of hydrogen-bond acceptors (Lipinski definition) is 2. The van der Waals surface area contributed by atoms with Crippen molar-refractivity contribution in [3.63, 3.8) is 0 Å². The molecule has 1 aromatic carbocycles. The van der Waals surface area contributed by atoms with Crippen molar-refractivity contribution in [1.29, 1.82) is 0 Å². The number of benzene rings is 1. The Hall–Kier alpha value is -1.93. The van der Waals surface area contributed by atoms with Crippen LogP contribution in [0.1, 0.15) is 13.8 Å². The summed E-state index contributed by atoms with van der Waals surface area (Å²) in [6, 6.07) is 8.83. The normalized spacial score (nSPS) is 10.6. The van der Waals surface area contributed by atoms with E-state index >= 15 is 0 Å². The van der Waals surface area contributed by atoms with Gasteiger partial charge in [0.15, 0.2) is 0 Å². The van der Waals surface area contributed by atoms with Gasteiger partial charge in [0.1, 0.15) is 0 Å². The van der Waals surface area contributed by atoms with Gasteiger partial charge in [-0.2, -0.15) is 0 Å². The van der Waals surface area contributed by atoms with Gasteiger partial charge in [0.2, 0.25) is 0 Å². The fraction of sp³-hybridized carbons (Fsp3) is 0.333. The summed E-state index contributed by atoms with van der Waals surface area (Å²) in [5.41, 5.74) is 3.45. The number of nitrogens with zero attached hydrogens (tertiary/aromatic N) is 3. The molecule has 0 atom stereocenters. The van der Waals surface area contributed by atoms with E-state index in [9.17, 15) is 0 Å². The molecule has 1 aromatic heterocycles. The molecule has 0 aliphatic carbocycles. The van der Waals surface area contributed by atoms with Crippen LogP contribution in [0.2, 0.25) is 0 Å². The van der Waals surface area contributed by atoms with Crippen molar-refractivity contribution in [3.8, 4) is 16.9 Å². The Morgan fingerprint density at radius 3 is 2.42 bits per heavy atom. The summed E-state index contributed by atoms with van der Waals surface area (Å²) in [5, 5.41) is 4.19. The second-order valence-electron chi connectivity index (χ2n) is 4.88. The van der Waals surface area contributed by atoms with Crippen LogP contribution in [0.15, 0.2) is 36.7 Å². The zero-order chi connectivity index (χ0) is 13.8. The summed E-state index contributed by atoms with van der Waals surface area (Å²) in [4.78, 5) is 2.20. The minimum atomic E-state index is 0.389. The third kappa shape index (κ3) is 3.10. The van der Waals surface area contributed by atoms with Gasteiger partial charge in [0.25, 0.3) is 0 Å². The maximum atomic E-state index is 5.43. The van der Waals surface area contributed by atoms with Gasteiger partial charge in [-0.15, -0.1) is 0 Å². The Kier molecular flexibility index (Phi) is 4.13. The van der Waals surface area contributed by atoms with E-state index in [2.05, 4.69) is 53.9 Å². The topological polar surface area (TPSA) is 21.1 Å². The van der Waals surface area contributed by atoms with Crippen molar-refractivity contribution in [2.75, 3.05) is 11.4 Å². The Labute approximate surface area is 115 Å². The molecule has 0 aliphatic rings. The first-order valence-corrected chi connectivity index (χ1v) is 6.41. The molecule has 1 heterocycles. The molecule has 4 heteroatoms. The predicted molar refractivity (Wildman–Crippen MR) is 80.8 cm³/mol. The van der Waals surface area contributed by atoms with Crippen LogP contribution >= 0.6 is 0 Å². The van der Waals surface area contributed by atoms with Gasteiger partial charge >= 0.3 is 115 Å². The third-order valence-corrected chi connectivity index (χ3v) is 3.12. The van der Waals surface area contributed by atoms with Crippen molar-refractivity contribution in [2.24, 2.45) is 7.05 Å². The molecular formula is C15H18BN3. The summed E-state index contributed by atoms with van der Waals surface area (Å²) in [5.74, 6) is 2.71. The molecule has 3 nitrogen and oxygen atoms in total. The standard InChI is InChI=1S/C15H18BN3/c1-12(2)19(9-8-16)15-6-4-13(5-7-15)14-10-17-18(3)11-14/h4-7,10-12H,9H2,1-3H3. The monoisotopic (exact) mass is 251 g/mol. The van der Waals surface area contributed by atoms with Crippen LogP contribution in [0.5, 0.6) is 0 Å². The first-order valence-electron chi connectivity index (χ1n) is 6.41. The van der Waals surface area contributed by atoms with Crippen LogP contribution in [0.3, 0.4) is 0 Å². The Morgan fingerprint density at radius 2 is 1.95 bits per heavy atom. The second kappa shape index (κ2) is 5.81. The fourth-order valence-electron chi connectivity index (χ4n) is 2.09. The van der Waals surface area contributed by atoms with Crippen LogP contribution in [0, 0.1) is 5.80 Å². The summed E-state index contributed by atoms with van der Waals surface area (Å²) >= 11 is 0. The number of hydrogen-bond donors (Lipinski definition) is 0. The van der Waals surface area contributed by atoms with Crippen LogP contribution in [-0.2, 0) is 7.05 Å². The summed E-state index contributed by atoms with van der Waals surface area (Å²) in [7, 11) is 7.35. The van der Waals surface area contributed by atoms with Gasteiger partial charge in [-0.25, -0.2) is 0 Å². The average molecular weight is 251 g/mol. The third-order valence-electron chi connectivity index (χ3n) is 3.12. The van der Waals surface area contributed by atoms with Crippen molar-refractivity contribution in [1.82, 2.24) is 9.78 Å². The summed E-state index contributed by atoms with van der Waals surface area (Å²) in [6.45, 7) is 4.92. The fourth-order valence-corrected chi connectivity index (χ4v) is 2.09. The summed E-state index contributed by atoms with van der Waals surface area (Å²) < 4.78 is 1.81. The van der Waals surface area contributed by atoms with E-state index in [1.54, 1.807) is 0 Å². The van der Waals surface area contributed by atoms with Gasteiger partial charge in [-0.1, -0.05) is 0 Å². The van der Waals surface area contributed by atoms with Gasteiger partial charge < -0.3 is 0 Å². The van der Waals surface area contributed by atoms with E-state index < -0.39 is 0 Å². The molecule has 0 bridgehead atoms.